The summed E-state index contributed by atoms with van der Waals surface area (Å²) in [5, 5.41) is 3.40. The van der Waals surface area contributed by atoms with E-state index in [-0.39, 0.29) is 5.82 Å². The van der Waals surface area contributed by atoms with Crippen LogP contribution in [0, 0.1) is 5.82 Å². The molecule has 0 spiro atoms. The molecule has 0 aromatic carbocycles. The molecule has 0 aliphatic rings. The van der Waals surface area contributed by atoms with Crippen molar-refractivity contribution in [1.82, 2.24) is 15.0 Å². The number of rotatable bonds is 4. The van der Waals surface area contributed by atoms with Gasteiger partial charge in [-0.1, -0.05) is 11.6 Å². The van der Waals surface area contributed by atoms with Crippen LogP contribution in [0.25, 0.3) is 0 Å². The van der Waals surface area contributed by atoms with E-state index in [2.05, 4.69) is 20.3 Å². The summed E-state index contributed by atoms with van der Waals surface area (Å²) in [7, 11) is 0. The maximum Gasteiger partial charge on any atom is 0.149 e. The molecule has 0 fully saturated rings. The second-order valence-electron chi connectivity index (χ2n) is 3.37. The van der Waals surface area contributed by atoms with Crippen molar-refractivity contribution in [2.45, 2.75) is 6.42 Å². The predicted octanol–water partition coefficient (Wildman–Crippen LogP) is 2.32. The van der Waals surface area contributed by atoms with Crippen LogP contribution in [0.4, 0.5) is 10.2 Å². The molecule has 0 radical (unpaired) electrons. The van der Waals surface area contributed by atoms with Gasteiger partial charge in [0, 0.05) is 18.7 Å². The van der Waals surface area contributed by atoms with Crippen molar-refractivity contribution in [3.8, 4) is 0 Å². The normalized spacial score (nSPS) is 10.2. The van der Waals surface area contributed by atoms with Gasteiger partial charge in [0.1, 0.15) is 16.8 Å². The van der Waals surface area contributed by atoms with Crippen molar-refractivity contribution in [2.24, 2.45) is 0 Å². The van der Waals surface area contributed by atoms with Gasteiger partial charge in [0.15, 0.2) is 0 Å². The molecule has 0 saturated carbocycles. The molecule has 0 aliphatic heterocycles. The third-order valence-electron chi connectivity index (χ3n) is 2.08. The highest BCUT2D eigenvalue weighted by Gasteiger charge is 1.98. The van der Waals surface area contributed by atoms with Crippen molar-refractivity contribution < 1.29 is 4.39 Å². The molecule has 0 unspecified atom stereocenters. The maximum atomic E-state index is 12.6. The fourth-order valence-corrected chi connectivity index (χ4v) is 1.45. The number of hydrogen-bond acceptors (Lipinski definition) is 4. The molecule has 2 rings (SSSR count). The Kier molecular flexibility index (Phi) is 3.82. The Morgan fingerprint density at radius 3 is 2.82 bits per heavy atom. The average Bonchev–Trinajstić information content (AvgIpc) is 2.32. The van der Waals surface area contributed by atoms with Crippen molar-refractivity contribution in [2.75, 3.05) is 11.9 Å². The van der Waals surface area contributed by atoms with Gasteiger partial charge in [-0.05, 0) is 12.1 Å². The van der Waals surface area contributed by atoms with Gasteiger partial charge >= 0.3 is 0 Å². The average molecular weight is 253 g/mol. The van der Waals surface area contributed by atoms with Crippen LogP contribution in [-0.2, 0) is 6.42 Å². The van der Waals surface area contributed by atoms with Crippen LogP contribution in [0.1, 0.15) is 5.69 Å². The zero-order valence-corrected chi connectivity index (χ0v) is 9.65. The topological polar surface area (TPSA) is 50.7 Å². The number of anilines is 1. The fraction of sp³-hybridized carbons (Fsp3) is 0.182. The Balaban J connectivity index is 1.85. The molecule has 2 heterocycles. The predicted molar refractivity (Wildman–Crippen MR) is 63.4 cm³/mol. The van der Waals surface area contributed by atoms with Crippen LogP contribution in [0.2, 0.25) is 5.15 Å². The van der Waals surface area contributed by atoms with Gasteiger partial charge < -0.3 is 5.32 Å². The largest absolute Gasteiger partial charge is 0.368 e. The van der Waals surface area contributed by atoms with E-state index >= 15 is 0 Å². The first kappa shape index (κ1) is 11.7. The lowest BCUT2D eigenvalue weighted by atomic mass is 10.3. The van der Waals surface area contributed by atoms with Crippen molar-refractivity contribution >= 4 is 17.4 Å². The lowest BCUT2D eigenvalue weighted by Crippen LogP contribution is -2.07. The van der Waals surface area contributed by atoms with Gasteiger partial charge in [0.25, 0.3) is 0 Å². The fourth-order valence-electron chi connectivity index (χ4n) is 1.30. The van der Waals surface area contributed by atoms with Crippen molar-refractivity contribution in [3.63, 3.8) is 0 Å². The molecule has 0 aliphatic carbocycles. The lowest BCUT2D eigenvalue weighted by molar-refractivity contribution is 0.619. The Morgan fingerprint density at radius 2 is 2.12 bits per heavy atom. The Morgan fingerprint density at radius 1 is 1.24 bits per heavy atom. The minimum atomic E-state index is -0.331. The number of nitrogens with one attached hydrogen (secondary N) is 1. The SMILES string of the molecule is Fc1ccc(CCNc2cncc(Cl)n2)nc1. The Bertz CT molecular complexity index is 489. The van der Waals surface area contributed by atoms with Gasteiger partial charge in [-0.2, -0.15) is 0 Å². The van der Waals surface area contributed by atoms with Crippen LogP contribution in [-0.4, -0.2) is 21.5 Å². The monoisotopic (exact) mass is 252 g/mol. The molecule has 17 heavy (non-hydrogen) atoms. The quantitative estimate of drug-likeness (QED) is 0.907. The first-order chi connectivity index (χ1) is 8.24. The summed E-state index contributed by atoms with van der Waals surface area (Å²) in [5.41, 5.74) is 0.814. The summed E-state index contributed by atoms with van der Waals surface area (Å²) in [6, 6.07) is 3.04. The zero-order valence-electron chi connectivity index (χ0n) is 8.90. The molecule has 1 N–H and O–H groups in total. The van der Waals surface area contributed by atoms with Gasteiger partial charge in [-0.15, -0.1) is 0 Å². The summed E-state index contributed by atoms with van der Waals surface area (Å²) in [6.45, 7) is 0.633. The van der Waals surface area contributed by atoms with Gasteiger partial charge in [0.2, 0.25) is 0 Å². The summed E-state index contributed by atoms with van der Waals surface area (Å²) in [5.74, 6) is 0.280. The molecule has 88 valence electrons. The van der Waals surface area contributed by atoms with Crippen LogP contribution in [0.15, 0.2) is 30.7 Å². The molecule has 2 aromatic rings. The Hall–Kier alpha value is -1.75. The highest BCUT2D eigenvalue weighted by molar-refractivity contribution is 6.29. The number of aromatic nitrogens is 3. The third kappa shape index (κ3) is 3.64. The molecule has 2 aromatic heterocycles. The Labute approximate surface area is 103 Å². The third-order valence-corrected chi connectivity index (χ3v) is 2.26. The molecule has 0 bridgehead atoms. The molecule has 0 saturated heterocycles. The minimum Gasteiger partial charge on any atom is -0.368 e. The molecule has 0 atom stereocenters. The molecule has 0 amide bonds. The summed E-state index contributed by atoms with van der Waals surface area (Å²) < 4.78 is 12.6. The van der Waals surface area contributed by atoms with E-state index in [9.17, 15) is 4.39 Å². The summed E-state index contributed by atoms with van der Waals surface area (Å²) >= 11 is 5.69. The number of nitrogens with zero attached hydrogens (tertiary/aromatic N) is 3. The van der Waals surface area contributed by atoms with Crippen LogP contribution < -0.4 is 5.32 Å². The highest BCUT2D eigenvalue weighted by atomic mass is 35.5. The number of pyridine rings is 1. The smallest absolute Gasteiger partial charge is 0.149 e. The van der Waals surface area contributed by atoms with Crippen LogP contribution in [0.5, 0.6) is 0 Å². The van der Waals surface area contributed by atoms with Gasteiger partial charge in [-0.3, -0.25) is 9.97 Å². The second-order valence-corrected chi connectivity index (χ2v) is 3.76. The molecule has 4 nitrogen and oxygen atoms in total. The molecular formula is C11H10ClFN4. The van der Waals surface area contributed by atoms with Crippen molar-refractivity contribution in [1.29, 1.82) is 0 Å². The highest BCUT2D eigenvalue weighted by Crippen LogP contribution is 2.06. The van der Waals surface area contributed by atoms with E-state index in [4.69, 9.17) is 11.6 Å². The van der Waals surface area contributed by atoms with E-state index < -0.39 is 0 Å². The van der Waals surface area contributed by atoms with Gasteiger partial charge in [0.05, 0.1) is 18.6 Å². The standard InChI is InChI=1S/C11H10ClFN4/c12-10-6-14-7-11(17-10)15-4-3-9-2-1-8(13)5-16-9/h1-2,5-7H,3-4H2,(H,15,17). The molecule has 6 heteroatoms. The summed E-state index contributed by atoms with van der Waals surface area (Å²) in [4.78, 5) is 11.9. The lowest BCUT2D eigenvalue weighted by Gasteiger charge is -2.04. The van der Waals surface area contributed by atoms with E-state index in [0.29, 0.717) is 23.9 Å². The first-order valence-corrected chi connectivity index (χ1v) is 5.44. The minimum absolute atomic E-state index is 0.331. The van der Waals surface area contributed by atoms with E-state index in [1.54, 1.807) is 12.3 Å². The van der Waals surface area contributed by atoms with E-state index in [1.165, 1.54) is 18.5 Å². The summed E-state index contributed by atoms with van der Waals surface area (Å²) in [6.07, 6.45) is 4.93. The van der Waals surface area contributed by atoms with Crippen LogP contribution >= 0.6 is 11.6 Å². The first-order valence-electron chi connectivity index (χ1n) is 5.06. The number of hydrogen-bond donors (Lipinski definition) is 1. The van der Waals surface area contributed by atoms with E-state index in [1.807, 2.05) is 0 Å². The maximum absolute atomic E-state index is 12.6. The second kappa shape index (κ2) is 5.54. The van der Waals surface area contributed by atoms with Crippen molar-refractivity contribution in [3.05, 3.63) is 47.4 Å². The van der Waals surface area contributed by atoms with Gasteiger partial charge in [-0.25, -0.2) is 9.37 Å². The number of halogens is 2. The molecular weight excluding hydrogens is 243 g/mol. The van der Waals surface area contributed by atoms with Crippen LogP contribution in [0.3, 0.4) is 0 Å². The van der Waals surface area contributed by atoms with E-state index in [0.717, 1.165) is 5.69 Å². The zero-order chi connectivity index (χ0) is 12.1.